The molecule has 5 aromatic rings. The zero-order chi connectivity index (χ0) is 44.5. The normalized spacial score (nSPS) is 14.5. The summed E-state index contributed by atoms with van der Waals surface area (Å²) in [5.41, 5.74) is 5.31. The van der Waals surface area contributed by atoms with Crippen molar-refractivity contribution in [1.82, 2.24) is 34.7 Å². The van der Waals surface area contributed by atoms with Crippen LogP contribution in [-0.4, -0.2) is 99.9 Å². The van der Waals surface area contributed by atoms with Gasteiger partial charge in [-0.2, -0.15) is 4.98 Å². The van der Waals surface area contributed by atoms with Crippen LogP contribution in [0.15, 0.2) is 47.5 Å². The van der Waals surface area contributed by atoms with Crippen molar-refractivity contribution in [3.05, 3.63) is 80.3 Å². The Morgan fingerprint density at radius 1 is 0.873 bits per heavy atom. The van der Waals surface area contributed by atoms with E-state index >= 15 is 0 Å². The maximum absolute atomic E-state index is 13.6. The zero-order valence-corrected chi connectivity index (χ0v) is 37.9. The Hall–Kier alpha value is -5.94. The van der Waals surface area contributed by atoms with Gasteiger partial charge in [0.2, 0.25) is 11.9 Å². The molecule has 5 heterocycles. The number of nitrogens with one attached hydrogen (secondary N) is 5. The number of hydrogen-bond acceptors (Lipinski definition) is 14. The van der Waals surface area contributed by atoms with Crippen LogP contribution in [0.1, 0.15) is 108 Å². The number of Topliss-reactive ketones (excluding diaryl/α,β-unsaturated/α-hetero) is 1. The molecule has 1 aliphatic carbocycles. The van der Waals surface area contributed by atoms with Crippen molar-refractivity contribution in [2.24, 2.45) is 0 Å². The van der Waals surface area contributed by atoms with Gasteiger partial charge < -0.3 is 26.2 Å². The molecule has 0 spiro atoms. The third-order valence-corrected chi connectivity index (χ3v) is 13.1. The van der Waals surface area contributed by atoms with Gasteiger partial charge in [0, 0.05) is 80.2 Å². The first-order valence-corrected chi connectivity index (χ1v) is 23.0. The van der Waals surface area contributed by atoms with Crippen LogP contribution in [0.5, 0.6) is 0 Å². The highest BCUT2D eigenvalue weighted by atomic mass is 32.1. The van der Waals surface area contributed by atoms with E-state index in [4.69, 9.17) is 4.98 Å². The maximum atomic E-state index is 13.6. The van der Waals surface area contributed by atoms with Crippen molar-refractivity contribution in [1.29, 1.82) is 0 Å². The number of hydrogen-bond donors (Lipinski definition) is 5. The van der Waals surface area contributed by atoms with Crippen LogP contribution in [0.2, 0.25) is 0 Å². The molecule has 4 aromatic heterocycles. The highest BCUT2D eigenvalue weighted by Gasteiger charge is 2.26. The fourth-order valence-electron chi connectivity index (χ4n) is 8.46. The summed E-state index contributed by atoms with van der Waals surface area (Å²) in [6.07, 6.45) is 12.4. The van der Waals surface area contributed by atoms with Crippen molar-refractivity contribution in [2.75, 3.05) is 79.0 Å². The minimum absolute atomic E-state index is 0.00677. The van der Waals surface area contributed by atoms with E-state index in [0.717, 1.165) is 118 Å². The lowest BCUT2D eigenvalue weighted by Crippen LogP contribution is -2.49. The van der Waals surface area contributed by atoms with Crippen LogP contribution in [-0.2, 0) is 4.79 Å². The van der Waals surface area contributed by atoms with E-state index in [-0.39, 0.29) is 34.8 Å². The second-order valence-corrected chi connectivity index (χ2v) is 17.8. The lowest BCUT2D eigenvalue weighted by Gasteiger charge is -2.35. The number of rotatable bonds is 19. The molecule has 2 fully saturated rings. The Morgan fingerprint density at radius 2 is 1.62 bits per heavy atom. The van der Waals surface area contributed by atoms with Crippen molar-refractivity contribution in [3.63, 3.8) is 0 Å². The molecule has 7 rings (SSSR count). The smallest absolute Gasteiger partial charge is 0.263 e. The number of aryl methyl sites for hydroxylation is 3. The molecule has 334 valence electrons. The summed E-state index contributed by atoms with van der Waals surface area (Å²) >= 11 is 1.48. The predicted molar refractivity (Wildman–Crippen MR) is 252 cm³/mol. The Labute approximate surface area is 372 Å². The number of pyridine rings is 2. The van der Waals surface area contributed by atoms with E-state index in [1.807, 2.05) is 57.4 Å². The molecule has 16 nitrogen and oxygen atoms in total. The average Bonchev–Trinajstić information content (AvgIpc) is 3.92. The van der Waals surface area contributed by atoms with Gasteiger partial charge in [-0.05, 0) is 89.3 Å². The fourth-order valence-corrected chi connectivity index (χ4v) is 9.27. The van der Waals surface area contributed by atoms with Crippen molar-refractivity contribution in [2.45, 2.75) is 91.5 Å². The molecular weight excluding hydrogens is 817 g/mol. The molecule has 0 atom stereocenters. The summed E-state index contributed by atoms with van der Waals surface area (Å²) in [6, 6.07) is 9.60. The number of carbonyl (C=O) groups is 3. The summed E-state index contributed by atoms with van der Waals surface area (Å²) in [6.45, 7) is 12.1. The number of thiazole rings is 1. The number of anilines is 6. The van der Waals surface area contributed by atoms with Crippen LogP contribution in [0.25, 0.3) is 11.0 Å². The molecule has 1 aliphatic heterocycles. The summed E-state index contributed by atoms with van der Waals surface area (Å²) in [5, 5.41) is 17.2. The number of fused-ring (bicyclic) bond motifs is 1. The summed E-state index contributed by atoms with van der Waals surface area (Å²) in [4.78, 5) is 75.8. The maximum Gasteiger partial charge on any atom is 0.263 e. The Balaban J connectivity index is 0.792. The third-order valence-electron chi connectivity index (χ3n) is 12.1. The Kier molecular flexibility index (Phi) is 15.0. The van der Waals surface area contributed by atoms with Gasteiger partial charge >= 0.3 is 0 Å². The summed E-state index contributed by atoms with van der Waals surface area (Å²) < 4.78 is 1.71. The van der Waals surface area contributed by atoms with Gasteiger partial charge in [-0.25, -0.2) is 15.0 Å². The molecule has 0 radical (unpaired) electrons. The SMILES string of the molecule is CNc1ccc(C(=O)Nc2nc(C)c(C)s2)c(NCCCCCCCNC(=O)CN2CCN(c3ccc(Nc4ncc5c(C)c(C(C)=O)c(=O)n(C6CCCC6)c5n4)nc3)CC2)c1. The molecule has 2 aliphatic rings. The van der Waals surface area contributed by atoms with E-state index < -0.39 is 0 Å². The number of ketones is 1. The highest BCUT2D eigenvalue weighted by molar-refractivity contribution is 7.15. The molecule has 5 N–H and O–H groups in total. The summed E-state index contributed by atoms with van der Waals surface area (Å²) in [7, 11) is 1.86. The second-order valence-electron chi connectivity index (χ2n) is 16.6. The molecule has 63 heavy (non-hydrogen) atoms. The molecular formula is C46H60N12O4S. The lowest BCUT2D eigenvalue weighted by molar-refractivity contribution is -0.122. The topological polar surface area (TPSA) is 191 Å². The van der Waals surface area contributed by atoms with Crippen LogP contribution >= 0.6 is 11.3 Å². The highest BCUT2D eigenvalue weighted by Crippen LogP contribution is 2.32. The van der Waals surface area contributed by atoms with Gasteiger partial charge in [0.25, 0.3) is 11.5 Å². The van der Waals surface area contributed by atoms with Gasteiger partial charge in [-0.15, -0.1) is 11.3 Å². The van der Waals surface area contributed by atoms with E-state index in [2.05, 4.69) is 51.3 Å². The average molecular weight is 877 g/mol. The largest absolute Gasteiger partial charge is 0.388 e. The molecule has 1 saturated heterocycles. The quantitative estimate of drug-likeness (QED) is 0.0413. The molecule has 17 heteroatoms. The molecule has 2 amide bonds. The van der Waals surface area contributed by atoms with Crippen molar-refractivity contribution < 1.29 is 14.4 Å². The Morgan fingerprint density at radius 3 is 2.30 bits per heavy atom. The van der Waals surface area contributed by atoms with Crippen LogP contribution in [0.4, 0.5) is 34.0 Å². The van der Waals surface area contributed by atoms with Crippen molar-refractivity contribution >= 4 is 73.9 Å². The van der Waals surface area contributed by atoms with Crippen molar-refractivity contribution in [3.8, 4) is 0 Å². The monoisotopic (exact) mass is 876 g/mol. The zero-order valence-electron chi connectivity index (χ0n) is 37.1. The lowest BCUT2D eigenvalue weighted by atomic mass is 10.0. The van der Waals surface area contributed by atoms with E-state index in [1.165, 1.54) is 18.3 Å². The number of benzene rings is 1. The van der Waals surface area contributed by atoms with Gasteiger partial charge in [0.1, 0.15) is 11.5 Å². The first-order chi connectivity index (χ1) is 30.5. The van der Waals surface area contributed by atoms with Crippen LogP contribution in [0.3, 0.4) is 0 Å². The Bertz CT molecular complexity index is 2450. The van der Waals surface area contributed by atoms with E-state index in [9.17, 15) is 19.2 Å². The van der Waals surface area contributed by atoms with Gasteiger partial charge in [0.15, 0.2) is 10.9 Å². The second kappa shape index (κ2) is 21.0. The van der Waals surface area contributed by atoms with Crippen LogP contribution < -0.4 is 37.0 Å². The molecule has 0 bridgehead atoms. The number of unbranched alkanes of at least 4 members (excludes halogenated alkanes) is 4. The standard InChI is InChI=1S/C46H60N12O4S/c1-29-37-27-51-45(54-42(37)58(34-13-9-10-14-34)44(62)41(29)31(3)59)53-39-18-16-35(26-50-39)57-23-21-56(22-24-57)28-40(60)49-20-12-8-6-7-11-19-48-38-25-33(47-5)15-17-36(38)43(61)55-46-52-30(2)32(4)63-46/h15-18,25-27,34,47-48H,6-14,19-24,28H2,1-5H3,(H,49,60)(H,52,55,61)(H,50,51,53,54). The minimum Gasteiger partial charge on any atom is -0.388 e. The van der Waals surface area contributed by atoms with E-state index in [0.29, 0.717) is 52.1 Å². The molecule has 0 unspecified atom stereocenters. The number of aromatic nitrogens is 5. The van der Waals surface area contributed by atoms with Gasteiger partial charge in [-0.1, -0.05) is 32.1 Å². The predicted octanol–water partition coefficient (Wildman–Crippen LogP) is 7.22. The first kappa shape index (κ1) is 45.1. The molecule has 1 saturated carbocycles. The number of piperazine rings is 1. The molecule has 1 aromatic carbocycles. The van der Waals surface area contributed by atoms with Gasteiger partial charge in [-0.3, -0.25) is 34.0 Å². The fraction of sp³-hybridized carbons (Fsp3) is 0.478. The minimum atomic E-state index is -0.276. The van der Waals surface area contributed by atoms with Crippen LogP contribution in [0, 0.1) is 20.8 Å². The first-order valence-electron chi connectivity index (χ1n) is 22.2. The third kappa shape index (κ3) is 11.2. The number of nitrogens with zero attached hydrogens (tertiary/aromatic N) is 7. The number of amides is 2. The number of carbonyl (C=O) groups excluding carboxylic acids is 3. The van der Waals surface area contributed by atoms with E-state index in [1.54, 1.807) is 17.7 Å². The summed E-state index contributed by atoms with van der Waals surface area (Å²) in [5.74, 6) is 0.547. The van der Waals surface area contributed by atoms with Gasteiger partial charge in [0.05, 0.1) is 35.2 Å².